The molecule has 4 heteroatoms. The predicted molar refractivity (Wildman–Crippen MR) is 56.7 cm³/mol. The lowest BCUT2D eigenvalue weighted by molar-refractivity contribution is 0.415. The molecule has 0 aliphatic heterocycles. The summed E-state index contributed by atoms with van der Waals surface area (Å²) in [5.41, 5.74) is 1.89. The van der Waals surface area contributed by atoms with Crippen molar-refractivity contribution in [3.05, 3.63) is 30.0 Å². The highest BCUT2D eigenvalue weighted by Gasteiger charge is 2.07. The number of aromatic amines is 1. The van der Waals surface area contributed by atoms with E-state index in [9.17, 15) is 4.79 Å². The molecule has 0 atom stereocenters. The number of nitrogens with one attached hydrogen (secondary N) is 1. The van der Waals surface area contributed by atoms with E-state index in [1.807, 2.05) is 24.4 Å². The minimum Gasteiger partial charge on any atom is -0.496 e. The Morgan fingerprint density at radius 2 is 2.33 bits per heavy atom. The Morgan fingerprint density at radius 1 is 1.47 bits per heavy atom. The van der Waals surface area contributed by atoms with Crippen molar-refractivity contribution >= 4 is 17.0 Å². The largest absolute Gasteiger partial charge is 0.496 e. The normalized spacial score (nSPS) is 9.93. The van der Waals surface area contributed by atoms with E-state index in [1.165, 1.54) is 6.08 Å². The van der Waals surface area contributed by atoms with Crippen molar-refractivity contribution in [3.8, 4) is 5.75 Å². The molecule has 1 aromatic carbocycles. The van der Waals surface area contributed by atoms with E-state index in [2.05, 4.69) is 9.98 Å². The third-order valence-corrected chi connectivity index (χ3v) is 2.28. The summed E-state index contributed by atoms with van der Waals surface area (Å²) in [7, 11) is 1.61. The van der Waals surface area contributed by atoms with Crippen molar-refractivity contribution < 1.29 is 9.53 Å². The number of fused-ring (bicyclic) bond motifs is 1. The fourth-order valence-electron chi connectivity index (χ4n) is 1.63. The topological polar surface area (TPSA) is 54.4 Å². The highest BCUT2D eigenvalue weighted by Crippen LogP contribution is 2.29. The van der Waals surface area contributed by atoms with Crippen molar-refractivity contribution in [3.63, 3.8) is 0 Å². The van der Waals surface area contributed by atoms with Crippen molar-refractivity contribution in [1.29, 1.82) is 0 Å². The monoisotopic (exact) mass is 202 g/mol. The molecule has 0 amide bonds. The molecule has 1 N–H and O–H groups in total. The van der Waals surface area contributed by atoms with Gasteiger partial charge in [-0.2, -0.15) is 0 Å². The van der Waals surface area contributed by atoms with E-state index in [4.69, 9.17) is 4.74 Å². The average Bonchev–Trinajstić information content (AvgIpc) is 2.73. The molecule has 4 nitrogen and oxygen atoms in total. The highest BCUT2D eigenvalue weighted by molar-refractivity contribution is 5.87. The molecular formula is C11H10N2O2. The lowest BCUT2D eigenvalue weighted by Crippen LogP contribution is -1.91. The number of rotatable bonds is 3. The number of isocyanates is 1. The number of aliphatic imine (C=N–C) groups is 1. The van der Waals surface area contributed by atoms with Crippen LogP contribution in [-0.4, -0.2) is 18.2 Å². The molecule has 0 fully saturated rings. The van der Waals surface area contributed by atoms with Gasteiger partial charge in [0, 0.05) is 22.7 Å². The Kier molecular flexibility index (Phi) is 2.52. The molecule has 0 saturated heterocycles. The molecule has 2 aromatic rings. The first-order chi connectivity index (χ1) is 7.36. The van der Waals surface area contributed by atoms with Gasteiger partial charge in [0.2, 0.25) is 6.08 Å². The lowest BCUT2D eigenvalue weighted by atomic mass is 10.1. The van der Waals surface area contributed by atoms with E-state index < -0.39 is 0 Å². The summed E-state index contributed by atoms with van der Waals surface area (Å²) < 4.78 is 5.30. The number of nitrogens with zero attached hydrogens (tertiary/aromatic N) is 1. The number of aromatic nitrogens is 1. The Morgan fingerprint density at radius 3 is 3.07 bits per heavy atom. The predicted octanol–water partition coefficient (Wildman–Crippen LogP) is 2.01. The Hall–Kier alpha value is -2.06. The average molecular weight is 202 g/mol. The van der Waals surface area contributed by atoms with E-state index in [1.54, 1.807) is 7.11 Å². The quantitative estimate of drug-likeness (QED) is 0.611. The van der Waals surface area contributed by atoms with Gasteiger partial charge in [-0.25, -0.2) is 9.79 Å². The summed E-state index contributed by atoms with van der Waals surface area (Å²) in [5, 5.41) is 0.996. The van der Waals surface area contributed by atoms with Crippen LogP contribution in [0.25, 0.3) is 10.9 Å². The molecule has 0 saturated carbocycles. The zero-order valence-electron chi connectivity index (χ0n) is 8.28. The number of methoxy groups -OCH3 is 1. The van der Waals surface area contributed by atoms with Crippen LogP contribution in [-0.2, 0) is 11.3 Å². The number of hydrogen-bond donors (Lipinski definition) is 1. The van der Waals surface area contributed by atoms with Gasteiger partial charge in [-0.3, -0.25) is 0 Å². The van der Waals surface area contributed by atoms with Crippen molar-refractivity contribution in [1.82, 2.24) is 4.98 Å². The Labute approximate surface area is 86.6 Å². The first kappa shape index (κ1) is 9.49. The van der Waals surface area contributed by atoms with Crippen molar-refractivity contribution in [2.24, 2.45) is 4.99 Å². The van der Waals surface area contributed by atoms with Gasteiger partial charge in [-0.1, -0.05) is 6.07 Å². The van der Waals surface area contributed by atoms with Gasteiger partial charge in [0.15, 0.2) is 0 Å². The Balaban J connectivity index is 2.58. The summed E-state index contributed by atoms with van der Waals surface area (Å²) >= 11 is 0. The van der Waals surface area contributed by atoms with Crippen LogP contribution < -0.4 is 4.74 Å². The van der Waals surface area contributed by atoms with Gasteiger partial charge >= 0.3 is 0 Å². The second kappa shape index (κ2) is 3.98. The number of ether oxygens (including phenoxy) is 1. The highest BCUT2D eigenvalue weighted by atomic mass is 16.5. The van der Waals surface area contributed by atoms with Gasteiger partial charge in [0.25, 0.3) is 0 Å². The third kappa shape index (κ3) is 1.63. The van der Waals surface area contributed by atoms with Gasteiger partial charge in [0.05, 0.1) is 13.7 Å². The molecule has 15 heavy (non-hydrogen) atoms. The fourth-order valence-corrected chi connectivity index (χ4v) is 1.63. The van der Waals surface area contributed by atoms with Gasteiger partial charge < -0.3 is 9.72 Å². The first-order valence-corrected chi connectivity index (χ1v) is 4.53. The second-order valence-corrected chi connectivity index (χ2v) is 3.10. The zero-order chi connectivity index (χ0) is 10.7. The first-order valence-electron chi connectivity index (χ1n) is 4.53. The number of H-pyrrole nitrogens is 1. The number of benzene rings is 1. The molecule has 1 heterocycles. The minimum absolute atomic E-state index is 0.299. The van der Waals surface area contributed by atoms with E-state index >= 15 is 0 Å². The zero-order valence-corrected chi connectivity index (χ0v) is 8.28. The van der Waals surface area contributed by atoms with Crippen LogP contribution in [0.4, 0.5) is 0 Å². The van der Waals surface area contributed by atoms with Crippen LogP contribution in [0, 0.1) is 0 Å². The molecule has 2 rings (SSSR count). The standard InChI is InChI=1S/C11H10N2O2/c1-15-11-8(6-12-7-14)2-3-10-9(11)4-5-13-10/h2-5,13H,6H2,1H3. The van der Waals surface area contributed by atoms with E-state index in [-0.39, 0.29) is 0 Å². The second-order valence-electron chi connectivity index (χ2n) is 3.10. The minimum atomic E-state index is 0.299. The van der Waals surface area contributed by atoms with Gasteiger partial charge in [-0.15, -0.1) is 0 Å². The Bertz CT molecular complexity index is 524. The number of hydrogen-bond acceptors (Lipinski definition) is 3. The summed E-state index contributed by atoms with van der Waals surface area (Å²) in [6.45, 7) is 0.299. The lowest BCUT2D eigenvalue weighted by Gasteiger charge is -2.06. The molecule has 0 aliphatic rings. The maximum absolute atomic E-state index is 10.1. The summed E-state index contributed by atoms with van der Waals surface area (Å²) in [6, 6.07) is 5.76. The maximum atomic E-state index is 10.1. The van der Waals surface area contributed by atoms with E-state index in [0.717, 1.165) is 22.2 Å². The molecule has 0 unspecified atom stereocenters. The van der Waals surface area contributed by atoms with Gasteiger partial charge in [-0.05, 0) is 12.1 Å². The smallest absolute Gasteiger partial charge is 0.235 e. The van der Waals surface area contributed by atoms with Crippen LogP contribution in [0.15, 0.2) is 29.4 Å². The summed E-state index contributed by atoms with van der Waals surface area (Å²) in [5.74, 6) is 0.757. The summed E-state index contributed by atoms with van der Waals surface area (Å²) in [4.78, 5) is 16.7. The molecule has 0 radical (unpaired) electrons. The van der Waals surface area contributed by atoms with Crippen LogP contribution in [0.1, 0.15) is 5.56 Å². The molecule has 76 valence electrons. The van der Waals surface area contributed by atoms with Crippen molar-refractivity contribution in [2.45, 2.75) is 6.54 Å². The molecule has 1 aromatic heterocycles. The van der Waals surface area contributed by atoms with Crippen LogP contribution in [0.3, 0.4) is 0 Å². The van der Waals surface area contributed by atoms with Crippen molar-refractivity contribution in [2.75, 3.05) is 7.11 Å². The van der Waals surface area contributed by atoms with Crippen LogP contribution in [0.5, 0.6) is 5.75 Å². The fraction of sp³-hybridized carbons (Fsp3) is 0.182. The SMILES string of the molecule is COc1c(CN=C=O)ccc2[nH]ccc12. The third-order valence-electron chi connectivity index (χ3n) is 2.28. The summed E-state index contributed by atoms with van der Waals surface area (Å²) in [6.07, 6.45) is 3.37. The van der Waals surface area contributed by atoms with E-state index in [0.29, 0.717) is 6.54 Å². The van der Waals surface area contributed by atoms with Crippen LogP contribution in [0.2, 0.25) is 0 Å². The molecule has 0 aliphatic carbocycles. The molecule has 0 spiro atoms. The molecular weight excluding hydrogens is 192 g/mol. The number of carbonyl (C=O) groups excluding carboxylic acids is 1. The van der Waals surface area contributed by atoms with Crippen LogP contribution >= 0.6 is 0 Å². The molecule has 0 bridgehead atoms. The van der Waals surface area contributed by atoms with Gasteiger partial charge in [0.1, 0.15) is 5.75 Å². The maximum Gasteiger partial charge on any atom is 0.235 e.